The third kappa shape index (κ3) is 3.19. The number of carbonyl (C=O) groups is 1. The average molecular weight is 360 g/mol. The molecule has 0 aliphatic carbocycles. The lowest BCUT2D eigenvalue weighted by Gasteiger charge is -2.04. The number of anilines is 1. The maximum atomic E-state index is 12.5. The molecule has 0 aliphatic rings. The molecule has 0 saturated carbocycles. The second kappa shape index (κ2) is 6.65. The van der Waals surface area contributed by atoms with Gasteiger partial charge in [-0.1, -0.05) is 12.1 Å². The van der Waals surface area contributed by atoms with Gasteiger partial charge in [-0.05, 0) is 49.2 Å². The molecule has 0 radical (unpaired) electrons. The zero-order chi connectivity index (χ0) is 18.1. The van der Waals surface area contributed by atoms with E-state index in [0.717, 1.165) is 16.8 Å². The van der Waals surface area contributed by atoms with Crippen LogP contribution in [-0.4, -0.2) is 20.9 Å². The van der Waals surface area contributed by atoms with Crippen LogP contribution in [0.1, 0.15) is 21.5 Å². The molecule has 128 valence electrons. The number of aryl methyl sites for hydroxylation is 2. The van der Waals surface area contributed by atoms with Crippen molar-refractivity contribution in [3.05, 3.63) is 70.9 Å². The number of nitrogens with one attached hydrogen (secondary N) is 1. The molecule has 6 heteroatoms. The molecule has 0 atom stereocenters. The number of aromatic nitrogens is 3. The maximum Gasteiger partial charge on any atom is 0.257 e. The third-order valence-electron chi connectivity index (χ3n) is 4.26. The van der Waals surface area contributed by atoms with Crippen molar-refractivity contribution in [3.63, 3.8) is 0 Å². The van der Waals surface area contributed by atoms with Crippen molar-refractivity contribution in [2.45, 2.75) is 13.8 Å². The predicted molar refractivity (Wildman–Crippen MR) is 105 cm³/mol. The first-order chi connectivity index (χ1) is 12.6. The lowest BCUT2D eigenvalue weighted by molar-refractivity contribution is 0.102. The van der Waals surface area contributed by atoms with Gasteiger partial charge in [-0.15, -0.1) is 11.3 Å². The molecule has 26 heavy (non-hydrogen) atoms. The molecule has 0 aliphatic heterocycles. The smallest absolute Gasteiger partial charge is 0.257 e. The van der Waals surface area contributed by atoms with Crippen molar-refractivity contribution in [2.24, 2.45) is 0 Å². The van der Waals surface area contributed by atoms with Crippen LogP contribution in [0.3, 0.4) is 0 Å². The molecule has 0 spiro atoms. The summed E-state index contributed by atoms with van der Waals surface area (Å²) < 4.78 is 0. The minimum atomic E-state index is -0.210. The van der Waals surface area contributed by atoms with Gasteiger partial charge in [0.05, 0.1) is 16.7 Å². The van der Waals surface area contributed by atoms with Gasteiger partial charge in [-0.3, -0.25) is 20.1 Å². The first kappa shape index (κ1) is 16.4. The van der Waals surface area contributed by atoms with Gasteiger partial charge in [0.1, 0.15) is 0 Å². The Kier molecular flexibility index (Phi) is 4.18. The van der Waals surface area contributed by atoms with Crippen molar-refractivity contribution >= 4 is 33.4 Å². The molecule has 2 aromatic heterocycles. The number of fused-ring (bicyclic) bond motifs is 1. The van der Waals surface area contributed by atoms with E-state index in [1.54, 1.807) is 30.6 Å². The fraction of sp³-hybridized carbons (Fsp3) is 0.100. The minimum Gasteiger partial charge on any atom is -0.298 e. The van der Waals surface area contributed by atoms with Crippen molar-refractivity contribution in [1.82, 2.24) is 15.0 Å². The van der Waals surface area contributed by atoms with Gasteiger partial charge in [0.2, 0.25) is 0 Å². The van der Waals surface area contributed by atoms with Gasteiger partial charge in [0.15, 0.2) is 5.13 Å². The minimum absolute atomic E-state index is 0.210. The van der Waals surface area contributed by atoms with Crippen molar-refractivity contribution in [2.75, 3.05) is 5.32 Å². The Morgan fingerprint density at radius 3 is 2.58 bits per heavy atom. The monoisotopic (exact) mass is 360 g/mol. The van der Waals surface area contributed by atoms with E-state index in [4.69, 9.17) is 0 Å². The Hall–Kier alpha value is -3.12. The second-order valence-electron chi connectivity index (χ2n) is 6.05. The van der Waals surface area contributed by atoms with Gasteiger partial charge >= 0.3 is 0 Å². The van der Waals surface area contributed by atoms with Crippen LogP contribution in [-0.2, 0) is 0 Å². The molecule has 4 aromatic rings. The largest absolute Gasteiger partial charge is 0.298 e. The van der Waals surface area contributed by atoms with Crippen LogP contribution in [0.4, 0.5) is 5.13 Å². The summed E-state index contributed by atoms with van der Waals surface area (Å²) in [7, 11) is 0. The van der Waals surface area contributed by atoms with Gasteiger partial charge in [0, 0.05) is 28.9 Å². The highest BCUT2D eigenvalue weighted by atomic mass is 32.1. The zero-order valence-electron chi connectivity index (χ0n) is 14.4. The second-order valence-corrected chi connectivity index (χ2v) is 6.91. The number of amides is 1. The summed E-state index contributed by atoms with van der Waals surface area (Å²) >= 11 is 1.41. The molecule has 0 bridgehead atoms. The highest BCUT2D eigenvalue weighted by Gasteiger charge is 2.11. The average Bonchev–Trinajstić information content (AvgIpc) is 3.12. The summed E-state index contributed by atoms with van der Waals surface area (Å²) in [5.41, 5.74) is 6.35. The number of rotatable bonds is 3. The summed E-state index contributed by atoms with van der Waals surface area (Å²) in [5, 5.41) is 5.38. The Morgan fingerprint density at radius 2 is 1.77 bits per heavy atom. The quantitative estimate of drug-likeness (QED) is 0.579. The molecular weight excluding hydrogens is 344 g/mol. The van der Waals surface area contributed by atoms with Crippen LogP contribution in [0.25, 0.3) is 22.3 Å². The lowest BCUT2D eigenvalue weighted by Crippen LogP contribution is -2.11. The number of carbonyl (C=O) groups excluding carboxylic acids is 1. The summed E-state index contributed by atoms with van der Waals surface area (Å²) in [5.74, 6) is -0.210. The molecule has 4 rings (SSSR count). The van der Waals surface area contributed by atoms with Crippen molar-refractivity contribution < 1.29 is 4.79 Å². The number of nitrogens with zero attached hydrogens (tertiary/aromatic N) is 3. The molecule has 2 heterocycles. The zero-order valence-corrected chi connectivity index (χ0v) is 15.2. The SMILES string of the molecule is Cc1ccc(-c2csc(NC(=O)c3ccc4nccnc4c3)n2)cc1C. The number of hydrogen-bond donors (Lipinski definition) is 1. The fourth-order valence-electron chi connectivity index (χ4n) is 2.64. The van der Waals surface area contributed by atoms with E-state index < -0.39 is 0 Å². The highest BCUT2D eigenvalue weighted by molar-refractivity contribution is 7.14. The predicted octanol–water partition coefficient (Wildman–Crippen LogP) is 4.62. The van der Waals surface area contributed by atoms with Gasteiger partial charge in [-0.2, -0.15) is 0 Å². The number of thiazole rings is 1. The van der Waals surface area contributed by atoms with Crippen LogP contribution in [0.2, 0.25) is 0 Å². The van der Waals surface area contributed by atoms with E-state index in [1.165, 1.54) is 22.5 Å². The Balaban J connectivity index is 1.56. The maximum absolute atomic E-state index is 12.5. The van der Waals surface area contributed by atoms with Gasteiger partial charge < -0.3 is 0 Å². The third-order valence-corrected chi connectivity index (χ3v) is 5.02. The summed E-state index contributed by atoms with van der Waals surface area (Å²) in [6, 6.07) is 11.5. The fourth-order valence-corrected chi connectivity index (χ4v) is 3.35. The lowest BCUT2D eigenvalue weighted by atomic mass is 10.1. The molecule has 1 amide bonds. The highest BCUT2D eigenvalue weighted by Crippen LogP contribution is 2.27. The van der Waals surface area contributed by atoms with Crippen LogP contribution < -0.4 is 5.32 Å². The molecule has 2 aromatic carbocycles. The Morgan fingerprint density at radius 1 is 0.962 bits per heavy atom. The van der Waals surface area contributed by atoms with Crippen LogP contribution in [0.5, 0.6) is 0 Å². The number of hydrogen-bond acceptors (Lipinski definition) is 5. The molecule has 0 fully saturated rings. The van der Waals surface area contributed by atoms with Crippen LogP contribution in [0.15, 0.2) is 54.2 Å². The van der Waals surface area contributed by atoms with E-state index in [2.05, 4.69) is 46.2 Å². The van der Waals surface area contributed by atoms with Gasteiger partial charge in [0.25, 0.3) is 5.91 Å². The molecule has 0 saturated heterocycles. The van der Waals surface area contributed by atoms with E-state index >= 15 is 0 Å². The molecule has 1 N–H and O–H groups in total. The Labute approximate surface area is 154 Å². The first-order valence-electron chi connectivity index (χ1n) is 8.15. The topological polar surface area (TPSA) is 67.8 Å². The Bertz CT molecular complexity index is 1120. The molecular formula is C20H16N4OS. The first-order valence-corrected chi connectivity index (χ1v) is 9.03. The van der Waals surface area contributed by atoms with Crippen molar-refractivity contribution in [1.29, 1.82) is 0 Å². The van der Waals surface area contributed by atoms with Crippen molar-refractivity contribution in [3.8, 4) is 11.3 Å². The van der Waals surface area contributed by atoms with Gasteiger partial charge in [-0.25, -0.2) is 4.98 Å². The van der Waals surface area contributed by atoms with E-state index in [9.17, 15) is 4.79 Å². The van der Waals surface area contributed by atoms with E-state index in [1.807, 2.05) is 11.4 Å². The van der Waals surface area contributed by atoms with E-state index in [0.29, 0.717) is 16.2 Å². The van der Waals surface area contributed by atoms with E-state index in [-0.39, 0.29) is 5.91 Å². The standard InChI is InChI=1S/C20H16N4OS/c1-12-3-4-14(9-13(12)2)18-11-26-20(23-18)24-19(25)15-5-6-16-17(10-15)22-8-7-21-16/h3-11H,1-2H3,(H,23,24,25). The summed E-state index contributed by atoms with van der Waals surface area (Å²) in [4.78, 5) is 25.5. The molecule has 0 unspecified atom stereocenters. The normalized spacial score (nSPS) is 10.8. The van der Waals surface area contributed by atoms with Crippen LogP contribution >= 0.6 is 11.3 Å². The molecule has 5 nitrogen and oxygen atoms in total. The van der Waals surface area contributed by atoms with Crippen LogP contribution in [0, 0.1) is 13.8 Å². The summed E-state index contributed by atoms with van der Waals surface area (Å²) in [6.07, 6.45) is 3.24. The summed E-state index contributed by atoms with van der Waals surface area (Å²) in [6.45, 7) is 4.16. The number of benzene rings is 2.